The van der Waals surface area contributed by atoms with E-state index in [4.69, 9.17) is 4.98 Å². The van der Waals surface area contributed by atoms with Crippen molar-refractivity contribution < 1.29 is 5.11 Å². The van der Waals surface area contributed by atoms with Crippen LogP contribution in [0.25, 0.3) is 0 Å². The summed E-state index contributed by atoms with van der Waals surface area (Å²) in [5.74, 6) is 1.80. The van der Waals surface area contributed by atoms with Crippen LogP contribution in [-0.2, 0) is 19.6 Å². The number of aliphatic hydroxyl groups excluding tert-OH is 1. The van der Waals surface area contributed by atoms with E-state index >= 15 is 0 Å². The largest absolute Gasteiger partial charge is 0.390 e. The summed E-state index contributed by atoms with van der Waals surface area (Å²) in [7, 11) is 2.17. The van der Waals surface area contributed by atoms with Gasteiger partial charge in [0.25, 0.3) is 0 Å². The SMILES string of the molecule is CN1CCC(c2nc(CO)c3n2CCCC3)C1. The number of likely N-dealkylation sites (tertiary alicyclic amines) is 1. The fraction of sp³-hybridized carbons (Fsp3) is 0.769. The quantitative estimate of drug-likeness (QED) is 0.835. The molecule has 1 aromatic heterocycles. The molecule has 3 heterocycles. The zero-order chi connectivity index (χ0) is 11.8. The van der Waals surface area contributed by atoms with E-state index in [0.717, 1.165) is 25.2 Å². The van der Waals surface area contributed by atoms with Gasteiger partial charge in [0.2, 0.25) is 0 Å². The van der Waals surface area contributed by atoms with Gasteiger partial charge in [-0.1, -0.05) is 0 Å². The number of likely N-dealkylation sites (N-methyl/N-ethyl adjacent to an activating group) is 1. The van der Waals surface area contributed by atoms with E-state index in [1.807, 2.05) is 0 Å². The first-order valence-corrected chi connectivity index (χ1v) is 6.67. The molecule has 4 heteroatoms. The van der Waals surface area contributed by atoms with Gasteiger partial charge in [-0.2, -0.15) is 0 Å². The number of aromatic nitrogens is 2. The highest BCUT2D eigenvalue weighted by Crippen LogP contribution is 2.30. The lowest BCUT2D eigenvalue weighted by atomic mass is 10.1. The fourth-order valence-corrected chi connectivity index (χ4v) is 3.23. The number of fused-ring (bicyclic) bond motifs is 1. The van der Waals surface area contributed by atoms with Gasteiger partial charge in [-0.3, -0.25) is 0 Å². The van der Waals surface area contributed by atoms with Crippen molar-refractivity contribution >= 4 is 0 Å². The van der Waals surface area contributed by atoms with E-state index in [0.29, 0.717) is 5.92 Å². The molecule has 0 amide bonds. The number of aliphatic hydroxyl groups is 1. The van der Waals surface area contributed by atoms with Crippen molar-refractivity contribution in [3.05, 3.63) is 17.2 Å². The highest BCUT2D eigenvalue weighted by Gasteiger charge is 2.28. The maximum Gasteiger partial charge on any atom is 0.113 e. The third-order valence-electron chi connectivity index (χ3n) is 4.14. The highest BCUT2D eigenvalue weighted by molar-refractivity contribution is 5.21. The topological polar surface area (TPSA) is 41.3 Å². The van der Waals surface area contributed by atoms with Crippen molar-refractivity contribution in [1.29, 1.82) is 0 Å². The van der Waals surface area contributed by atoms with Crippen LogP contribution in [0.4, 0.5) is 0 Å². The summed E-state index contributed by atoms with van der Waals surface area (Å²) < 4.78 is 2.39. The van der Waals surface area contributed by atoms with E-state index in [1.165, 1.54) is 37.3 Å². The molecule has 3 rings (SSSR count). The number of rotatable bonds is 2. The maximum atomic E-state index is 9.42. The smallest absolute Gasteiger partial charge is 0.113 e. The third kappa shape index (κ3) is 1.89. The molecule has 17 heavy (non-hydrogen) atoms. The normalized spacial score (nSPS) is 25.2. The molecular formula is C13H21N3O. The molecule has 2 aliphatic heterocycles. The molecule has 0 spiro atoms. The van der Waals surface area contributed by atoms with Crippen LogP contribution < -0.4 is 0 Å². The third-order valence-corrected chi connectivity index (χ3v) is 4.14. The molecule has 1 atom stereocenters. The fourth-order valence-electron chi connectivity index (χ4n) is 3.23. The molecule has 1 N–H and O–H groups in total. The first-order chi connectivity index (χ1) is 8.29. The highest BCUT2D eigenvalue weighted by atomic mass is 16.3. The second-order valence-corrected chi connectivity index (χ2v) is 5.38. The van der Waals surface area contributed by atoms with E-state index in [9.17, 15) is 5.11 Å². The Kier molecular flexibility index (Phi) is 2.92. The molecule has 0 saturated carbocycles. The average molecular weight is 235 g/mol. The van der Waals surface area contributed by atoms with Crippen molar-refractivity contribution in [1.82, 2.24) is 14.5 Å². The summed E-state index contributed by atoms with van der Waals surface area (Å²) in [6.07, 6.45) is 4.79. The number of imidazole rings is 1. The summed E-state index contributed by atoms with van der Waals surface area (Å²) in [5.41, 5.74) is 2.22. The summed E-state index contributed by atoms with van der Waals surface area (Å²) in [5, 5.41) is 9.42. The lowest BCUT2D eigenvalue weighted by Crippen LogP contribution is -2.18. The number of hydrogen-bond donors (Lipinski definition) is 1. The summed E-state index contributed by atoms with van der Waals surface area (Å²) in [4.78, 5) is 7.08. The van der Waals surface area contributed by atoms with Crippen LogP contribution >= 0.6 is 0 Å². The first kappa shape index (κ1) is 11.2. The van der Waals surface area contributed by atoms with Crippen molar-refractivity contribution in [2.75, 3.05) is 20.1 Å². The van der Waals surface area contributed by atoms with Gasteiger partial charge < -0.3 is 14.6 Å². The zero-order valence-electron chi connectivity index (χ0n) is 10.5. The van der Waals surface area contributed by atoms with Crippen molar-refractivity contribution in [3.8, 4) is 0 Å². The van der Waals surface area contributed by atoms with Gasteiger partial charge in [0.05, 0.1) is 12.3 Å². The first-order valence-electron chi connectivity index (χ1n) is 6.67. The number of hydrogen-bond acceptors (Lipinski definition) is 3. The minimum Gasteiger partial charge on any atom is -0.390 e. The van der Waals surface area contributed by atoms with E-state index in [-0.39, 0.29) is 6.61 Å². The van der Waals surface area contributed by atoms with Crippen molar-refractivity contribution in [3.63, 3.8) is 0 Å². The Balaban J connectivity index is 1.96. The second kappa shape index (κ2) is 4.42. The van der Waals surface area contributed by atoms with E-state index < -0.39 is 0 Å². The minimum absolute atomic E-state index is 0.0951. The van der Waals surface area contributed by atoms with Crippen LogP contribution in [-0.4, -0.2) is 39.7 Å². The summed E-state index contributed by atoms with van der Waals surface area (Å²) in [6, 6.07) is 0. The Labute approximate surface area is 102 Å². The van der Waals surface area contributed by atoms with Gasteiger partial charge in [-0.05, 0) is 39.3 Å². The summed E-state index contributed by atoms with van der Waals surface area (Å²) in [6.45, 7) is 3.47. The summed E-state index contributed by atoms with van der Waals surface area (Å²) >= 11 is 0. The van der Waals surface area contributed by atoms with Crippen LogP contribution in [0.15, 0.2) is 0 Å². The molecule has 1 unspecified atom stereocenters. The Morgan fingerprint density at radius 3 is 2.94 bits per heavy atom. The van der Waals surface area contributed by atoms with Crippen LogP contribution in [0.5, 0.6) is 0 Å². The molecule has 0 bridgehead atoms. The Morgan fingerprint density at radius 1 is 1.35 bits per heavy atom. The van der Waals surface area contributed by atoms with Gasteiger partial charge in [-0.25, -0.2) is 4.98 Å². The monoisotopic (exact) mass is 235 g/mol. The molecule has 1 fully saturated rings. The van der Waals surface area contributed by atoms with Crippen LogP contribution in [0.2, 0.25) is 0 Å². The molecule has 0 radical (unpaired) electrons. The lowest BCUT2D eigenvalue weighted by Gasteiger charge is -2.19. The molecule has 0 aromatic carbocycles. The second-order valence-electron chi connectivity index (χ2n) is 5.38. The zero-order valence-corrected chi connectivity index (χ0v) is 10.5. The molecule has 1 saturated heterocycles. The molecular weight excluding hydrogens is 214 g/mol. The molecule has 2 aliphatic rings. The predicted molar refractivity (Wildman–Crippen MR) is 65.9 cm³/mol. The molecule has 4 nitrogen and oxygen atoms in total. The molecule has 1 aromatic rings. The predicted octanol–water partition coefficient (Wildman–Crippen LogP) is 1.13. The van der Waals surface area contributed by atoms with Gasteiger partial charge in [0.15, 0.2) is 0 Å². The average Bonchev–Trinajstić information content (AvgIpc) is 2.92. The van der Waals surface area contributed by atoms with Crippen molar-refractivity contribution in [2.45, 2.75) is 44.8 Å². The van der Waals surface area contributed by atoms with Gasteiger partial charge >= 0.3 is 0 Å². The standard InChI is InChI=1S/C13H21N3O/c1-15-7-5-10(8-15)13-14-11(9-17)12-4-2-3-6-16(12)13/h10,17H,2-9H2,1H3. The lowest BCUT2D eigenvalue weighted by molar-refractivity contribution is 0.275. The van der Waals surface area contributed by atoms with Gasteiger partial charge in [-0.15, -0.1) is 0 Å². The minimum atomic E-state index is 0.0951. The number of nitrogens with zero attached hydrogens (tertiary/aromatic N) is 3. The molecule has 0 aliphatic carbocycles. The maximum absolute atomic E-state index is 9.42. The van der Waals surface area contributed by atoms with Crippen LogP contribution in [0.3, 0.4) is 0 Å². The van der Waals surface area contributed by atoms with Crippen LogP contribution in [0, 0.1) is 0 Å². The van der Waals surface area contributed by atoms with E-state index in [1.54, 1.807) is 0 Å². The van der Waals surface area contributed by atoms with Crippen molar-refractivity contribution in [2.24, 2.45) is 0 Å². The Morgan fingerprint density at radius 2 is 2.24 bits per heavy atom. The Bertz CT molecular complexity index is 413. The molecule has 94 valence electrons. The Hall–Kier alpha value is -0.870. The van der Waals surface area contributed by atoms with Gasteiger partial charge in [0, 0.05) is 24.7 Å². The van der Waals surface area contributed by atoms with Gasteiger partial charge in [0.1, 0.15) is 5.82 Å². The van der Waals surface area contributed by atoms with Crippen LogP contribution in [0.1, 0.15) is 42.4 Å². The van der Waals surface area contributed by atoms with E-state index in [2.05, 4.69) is 16.5 Å².